The first-order valence-electron chi connectivity index (χ1n) is 17.3. The fourth-order valence-electron chi connectivity index (χ4n) is 11.8. The van der Waals surface area contributed by atoms with Crippen molar-refractivity contribution >= 4 is 17.7 Å². The van der Waals surface area contributed by atoms with Crippen LogP contribution in [-0.4, -0.2) is 23.8 Å². The minimum Gasteiger partial charge on any atom is -0.462 e. The Morgan fingerprint density at radius 3 is 2.25 bits per heavy atom. The van der Waals surface area contributed by atoms with Crippen molar-refractivity contribution in [2.45, 2.75) is 126 Å². The number of carbonyl (C=O) groups is 3. The van der Waals surface area contributed by atoms with Gasteiger partial charge in [-0.3, -0.25) is 14.4 Å². The molecule has 240 valence electrons. The molecular weight excluding hydrogens is 546 g/mol. The lowest BCUT2D eigenvalue weighted by atomic mass is 9.33. The SMILES string of the molecule is CC(=O)O[C@@H]1CC[C@]2(C)[C@H](CC[C@]3(C)[C@@H]2C(=O)C=C2[C@@H]4C[C@](C)(C(=O)NCc5ccccc5)CC[C@@]4(C)CC[C@]23C)C1(C)C. The van der Waals surface area contributed by atoms with Crippen LogP contribution in [0.15, 0.2) is 42.0 Å². The summed E-state index contributed by atoms with van der Waals surface area (Å²) >= 11 is 0. The topological polar surface area (TPSA) is 72.5 Å². The highest BCUT2D eigenvalue weighted by atomic mass is 16.5. The van der Waals surface area contributed by atoms with Gasteiger partial charge in [-0.25, -0.2) is 0 Å². The van der Waals surface area contributed by atoms with Crippen LogP contribution in [0.5, 0.6) is 0 Å². The number of ketones is 1. The van der Waals surface area contributed by atoms with E-state index in [1.165, 1.54) is 12.5 Å². The molecule has 1 amide bonds. The lowest BCUT2D eigenvalue weighted by Crippen LogP contribution is -2.66. The summed E-state index contributed by atoms with van der Waals surface area (Å²) in [5.41, 5.74) is 1.55. The van der Waals surface area contributed by atoms with E-state index >= 15 is 0 Å². The fraction of sp³-hybridized carbons (Fsp3) is 0.718. The molecule has 0 saturated heterocycles. The van der Waals surface area contributed by atoms with Crippen molar-refractivity contribution in [2.24, 2.45) is 50.2 Å². The van der Waals surface area contributed by atoms with Gasteiger partial charge in [0.25, 0.3) is 0 Å². The number of carbonyl (C=O) groups excluding carboxylic acids is 3. The van der Waals surface area contributed by atoms with Crippen LogP contribution in [0.2, 0.25) is 0 Å². The second-order valence-corrected chi connectivity index (χ2v) is 17.4. The third-order valence-corrected chi connectivity index (χ3v) is 14.7. The Morgan fingerprint density at radius 2 is 1.57 bits per heavy atom. The van der Waals surface area contributed by atoms with Crippen LogP contribution in [0.4, 0.5) is 0 Å². The van der Waals surface area contributed by atoms with E-state index in [0.717, 1.165) is 63.4 Å². The second-order valence-electron chi connectivity index (χ2n) is 17.4. The smallest absolute Gasteiger partial charge is 0.302 e. The highest BCUT2D eigenvalue weighted by Gasteiger charge is 2.70. The molecular formula is C39H55NO4. The molecule has 0 bridgehead atoms. The maximum absolute atomic E-state index is 14.7. The lowest BCUT2D eigenvalue weighted by Gasteiger charge is -2.70. The average Bonchev–Trinajstić information content (AvgIpc) is 2.95. The van der Waals surface area contributed by atoms with Crippen molar-refractivity contribution in [2.75, 3.05) is 0 Å². The van der Waals surface area contributed by atoms with Gasteiger partial charge in [0, 0.05) is 30.2 Å². The van der Waals surface area contributed by atoms with Gasteiger partial charge in [0.05, 0.1) is 0 Å². The summed E-state index contributed by atoms with van der Waals surface area (Å²) in [5.74, 6) is 0.731. The lowest BCUT2D eigenvalue weighted by molar-refractivity contribution is -0.210. The third-order valence-electron chi connectivity index (χ3n) is 14.7. The Kier molecular flexibility index (Phi) is 7.38. The van der Waals surface area contributed by atoms with E-state index in [2.05, 4.69) is 72.0 Å². The predicted molar refractivity (Wildman–Crippen MR) is 173 cm³/mol. The van der Waals surface area contributed by atoms with Gasteiger partial charge in [-0.1, -0.05) is 84.4 Å². The van der Waals surface area contributed by atoms with Crippen LogP contribution in [0.1, 0.15) is 119 Å². The highest BCUT2D eigenvalue weighted by molar-refractivity contribution is 5.95. The van der Waals surface area contributed by atoms with Gasteiger partial charge in [-0.2, -0.15) is 0 Å². The third kappa shape index (κ3) is 4.48. The van der Waals surface area contributed by atoms with Crippen LogP contribution >= 0.6 is 0 Å². The summed E-state index contributed by atoms with van der Waals surface area (Å²) in [6, 6.07) is 10.1. The largest absolute Gasteiger partial charge is 0.462 e. The van der Waals surface area contributed by atoms with E-state index in [0.29, 0.717) is 18.2 Å². The average molecular weight is 602 g/mol. The van der Waals surface area contributed by atoms with Crippen molar-refractivity contribution < 1.29 is 19.1 Å². The van der Waals surface area contributed by atoms with Crippen molar-refractivity contribution in [3.05, 3.63) is 47.5 Å². The van der Waals surface area contributed by atoms with Crippen molar-refractivity contribution in [3.63, 3.8) is 0 Å². The Bertz CT molecular complexity index is 1380. The first kappa shape index (κ1) is 31.5. The summed E-state index contributed by atoms with van der Waals surface area (Å²) in [5, 5.41) is 3.26. The molecule has 5 nitrogen and oxygen atoms in total. The van der Waals surface area contributed by atoms with Crippen molar-refractivity contribution in [1.82, 2.24) is 5.32 Å². The number of allylic oxidation sites excluding steroid dienone is 2. The molecule has 0 aromatic heterocycles. The molecule has 6 rings (SSSR count). The molecule has 0 spiro atoms. The molecule has 9 atom stereocenters. The summed E-state index contributed by atoms with van der Waals surface area (Å²) in [4.78, 5) is 40.4. The second kappa shape index (κ2) is 10.3. The zero-order valence-electron chi connectivity index (χ0n) is 28.5. The molecule has 4 saturated carbocycles. The zero-order valence-corrected chi connectivity index (χ0v) is 28.5. The summed E-state index contributed by atoms with van der Waals surface area (Å²) in [7, 11) is 0. The van der Waals surface area contributed by atoms with Crippen molar-refractivity contribution in [3.8, 4) is 0 Å². The van der Waals surface area contributed by atoms with Gasteiger partial charge >= 0.3 is 5.97 Å². The molecule has 1 aromatic carbocycles. The fourth-order valence-corrected chi connectivity index (χ4v) is 11.8. The van der Waals surface area contributed by atoms with E-state index in [4.69, 9.17) is 4.74 Å². The van der Waals surface area contributed by atoms with E-state index in [-0.39, 0.29) is 56.9 Å². The Morgan fingerprint density at radius 1 is 0.886 bits per heavy atom. The van der Waals surface area contributed by atoms with E-state index in [1.54, 1.807) is 0 Å². The molecule has 5 heteroatoms. The summed E-state index contributed by atoms with van der Waals surface area (Å²) < 4.78 is 5.88. The number of fused-ring (bicyclic) bond motifs is 7. The molecule has 5 aliphatic carbocycles. The predicted octanol–water partition coefficient (Wildman–Crippen LogP) is 8.22. The van der Waals surface area contributed by atoms with Gasteiger partial charge in [-0.05, 0) is 103 Å². The molecule has 0 unspecified atom stereocenters. The Hall–Kier alpha value is -2.43. The standard InChI is InChI=1S/C39H55NO4/c1-25(41)44-31-15-16-37(6)30(34(31,2)3)14-17-39(8)32(37)29(42)22-27-28-23-36(5,19-18-35(28,4)20-21-38(27,39)7)33(43)40-24-26-12-10-9-11-13-26/h9-13,22,28,30-32H,14-21,23-24H2,1-8H3,(H,40,43)/t28-,30+,31+,32+,35-,36+,37+,38+,39+/m0/s1. The Labute approximate surface area is 265 Å². The van der Waals surface area contributed by atoms with E-state index in [9.17, 15) is 14.4 Å². The van der Waals surface area contributed by atoms with Gasteiger partial charge in [-0.15, -0.1) is 0 Å². The molecule has 44 heavy (non-hydrogen) atoms. The first-order chi connectivity index (χ1) is 20.5. The molecule has 1 N–H and O–H groups in total. The summed E-state index contributed by atoms with van der Waals surface area (Å²) in [6.07, 6.45) is 10.7. The van der Waals surface area contributed by atoms with Gasteiger partial charge < -0.3 is 10.1 Å². The van der Waals surface area contributed by atoms with Gasteiger partial charge in [0.2, 0.25) is 5.91 Å². The minimum absolute atomic E-state index is 0.0476. The van der Waals surface area contributed by atoms with Crippen LogP contribution in [-0.2, 0) is 25.7 Å². The van der Waals surface area contributed by atoms with Crippen LogP contribution in [0.25, 0.3) is 0 Å². The first-order valence-corrected chi connectivity index (χ1v) is 17.3. The molecule has 5 aliphatic rings. The van der Waals surface area contributed by atoms with Crippen molar-refractivity contribution in [1.29, 1.82) is 0 Å². The number of hydrogen-bond acceptors (Lipinski definition) is 4. The quantitative estimate of drug-likeness (QED) is 0.353. The number of hydrogen-bond donors (Lipinski definition) is 1. The highest BCUT2D eigenvalue weighted by Crippen LogP contribution is 2.75. The number of benzene rings is 1. The maximum Gasteiger partial charge on any atom is 0.302 e. The van der Waals surface area contributed by atoms with Crippen LogP contribution < -0.4 is 5.32 Å². The van der Waals surface area contributed by atoms with Gasteiger partial charge in [0.15, 0.2) is 5.78 Å². The van der Waals surface area contributed by atoms with E-state index < -0.39 is 5.41 Å². The molecule has 4 fully saturated rings. The maximum atomic E-state index is 14.7. The normalized spacial score (nSPS) is 44.2. The number of amides is 1. The molecule has 0 heterocycles. The minimum atomic E-state index is -0.457. The number of ether oxygens (including phenoxy) is 1. The zero-order chi connectivity index (χ0) is 31.9. The van der Waals surface area contributed by atoms with Crippen LogP contribution in [0.3, 0.4) is 0 Å². The molecule has 0 aliphatic heterocycles. The molecule has 1 aromatic rings. The number of rotatable bonds is 4. The molecule has 0 radical (unpaired) electrons. The van der Waals surface area contributed by atoms with Crippen LogP contribution in [0, 0.1) is 50.2 Å². The van der Waals surface area contributed by atoms with E-state index in [1.807, 2.05) is 18.2 Å². The van der Waals surface area contributed by atoms with Gasteiger partial charge in [0.1, 0.15) is 6.10 Å². The number of nitrogens with one attached hydrogen (secondary N) is 1. The summed E-state index contributed by atoms with van der Waals surface area (Å²) in [6.45, 7) is 18.5. The number of esters is 1. The monoisotopic (exact) mass is 601 g/mol. The Balaban J connectivity index is 1.32.